The Morgan fingerprint density at radius 3 is 3.04 bits per heavy atom. The standard InChI is InChI=1S/C17H20FN3O2/c1-23-16-5-4-13(10-15(16)18)17(22)21-8-2-3-12(11-21)9-14-6-7-19-20-14/h4-7,10,12H,2-3,8-9,11H2,1H3,(H,19,20). The minimum Gasteiger partial charge on any atom is -0.494 e. The maximum atomic E-state index is 13.8. The molecule has 1 aliphatic rings. The van der Waals surface area contributed by atoms with Gasteiger partial charge in [0, 0.05) is 30.5 Å². The lowest BCUT2D eigenvalue weighted by molar-refractivity contribution is 0.0672. The Bertz CT molecular complexity index is 672. The van der Waals surface area contributed by atoms with E-state index in [9.17, 15) is 9.18 Å². The van der Waals surface area contributed by atoms with Crippen molar-refractivity contribution in [2.24, 2.45) is 5.92 Å². The van der Waals surface area contributed by atoms with Crippen molar-refractivity contribution in [3.8, 4) is 5.75 Å². The number of benzene rings is 1. The van der Waals surface area contributed by atoms with Gasteiger partial charge in [0.05, 0.1) is 7.11 Å². The number of ether oxygens (including phenoxy) is 1. The molecule has 122 valence electrons. The molecular formula is C17H20FN3O2. The Kier molecular flexibility index (Phi) is 4.60. The number of hydrogen-bond acceptors (Lipinski definition) is 3. The lowest BCUT2D eigenvalue weighted by Gasteiger charge is -2.32. The summed E-state index contributed by atoms with van der Waals surface area (Å²) in [7, 11) is 1.41. The predicted octanol–water partition coefficient (Wildman–Crippen LogP) is 2.65. The molecule has 1 N–H and O–H groups in total. The molecular weight excluding hydrogens is 297 g/mol. The number of nitrogens with zero attached hydrogens (tertiary/aromatic N) is 2. The van der Waals surface area contributed by atoms with Crippen LogP contribution in [0, 0.1) is 11.7 Å². The van der Waals surface area contributed by atoms with E-state index >= 15 is 0 Å². The molecule has 0 radical (unpaired) electrons. The molecule has 0 saturated carbocycles. The van der Waals surface area contributed by atoms with Crippen LogP contribution in [0.3, 0.4) is 0 Å². The molecule has 1 aromatic carbocycles. The van der Waals surface area contributed by atoms with Crippen LogP contribution in [0.15, 0.2) is 30.5 Å². The quantitative estimate of drug-likeness (QED) is 0.943. The molecule has 23 heavy (non-hydrogen) atoms. The summed E-state index contributed by atoms with van der Waals surface area (Å²) in [5.74, 6) is -0.0844. The van der Waals surface area contributed by atoms with Crippen molar-refractivity contribution < 1.29 is 13.9 Å². The van der Waals surface area contributed by atoms with Crippen molar-refractivity contribution in [2.45, 2.75) is 19.3 Å². The fourth-order valence-electron chi connectivity index (χ4n) is 3.11. The minimum absolute atomic E-state index is 0.124. The molecule has 1 atom stereocenters. The van der Waals surface area contributed by atoms with Crippen LogP contribution in [0.5, 0.6) is 5.75 Å². The average molecular weight is 317 g/mol. The monoisotopic (exact) mass is 317 g/mol. The molecule has 1 saturated heterocycles. The molecule has 1 unspecified atom stereocenters. The number of H-pyrrole nitrogens is 1. The van der Waals surface area contributed by atoms with Gasteiger partial charge in [0.1, 0.15) is 0 Å². The van der Waals surface area contributed by atoms with Crippen LogP contribution in [0.1, 0.15) is 28.9 Å². The Balaban J connectivity index is 1.68. The van der Waals surface area contributed by atoms with E-state index in [-0.39, 0.29) is 11.7 Å². The summed E-state index contributed by atoms with van der Waals surface area (Å²) in [6, 6.07) is 6.32. The first-order chi connectivity index (χ1) is 11.2. The highest BCUT2D eigenvalue weighted by atomic mass is 19.1. The molecule has 5 nitrogen and oxygen atoms in total. The van der Waals surface area contributed by atoms with Gasteiger partial charge in [-0.3, -0.25) is 9.89 Å². The molecule has 1 aliphatic heterocycles. The predicted molar refractivity (Wildman–Crippen MR) is 83.9 cm³/mol. The first kappa shape index (κ1) is 15.5. The number of aromatic nitrogens is 2. The molecule has 6 heteroatoms. The lowest BCUT2D eigenvalue weighted by Crippen LogP contribution is -2.40. The van der Waals surface area contributed by atoms with Gasteiger partial charge in [0.15, 0.2) is 11.6 Å². The van der Waals surface area contributed by atoms with Crippen molar-refractivity contribution in [1.82, 2.24) is 15.1 Å². The molecule has 2 heterocycles. The molecule has 0 spiro atoms. The van der Waals surface area contributed by atoms with Gasteiger partial charge < -0.3 is 9.64 Å². The molecule has 0 aliphatic carbocycles. The molecule has 3 rings (SSSR count). The summed E-state index contributed by atoms with van der Waals surface area (Å²) < 4.78 is 18.7. The van der Waals surface area contributed by atoms with Crippen molar-refractivity contribution in [3.63, 3.8) is 0 Å². The van der Waals surface area contributed by atoms with E-state index in [0.717, 1.165) is 25.0 Å². The van der Waals surface area contributed by atoms with E-state index in [2.05, 4.69) is 10.2 Å². The number of nitrogens with one attached hydrogen (secondary N) is 1. The van der Waals surface area contributed by atoms with Gasteiger partial charge in [-0.05, 0) is 49.4 Å². The van der Waals surface area contributed by atoms with E-state index in [1.807, 2.05) is 11.0 Å². The highest BCUT2D eigenvalue weighted by Crippen LogP contribution is 2.23. The van der Waals surface area contributed by atoms with Crippen molar-refractivity contribution >= 4 is 5.91 Å². The van der Waals surface area contributed by atoms with Gasteiger partial charge in [-0.2, -0.15) is 5.10 Å². The van der Waals surface area contributed by atoms with Crippen LogP contribution in [0.4, 0.5) is 4.39 Å². The zero-order valence-electron chi connectivity index (χ0n) is 13.1. The number of rotatable bonds is 4. The Hall–Kier alpha value is -2.37. The number of aromatic amines is 1. The van der Waals surface area contributed by atoms with E-state index in [1.54, 1.807) is 12.3 Å². The number of methoxy groups -OCH3 is 1. The summed E-state index contributed by atoms with van der Waals surface area (Å²) in [5.41, 5.74) is 1.45. The second-order valence-electron chi connectivity index (χ2n) is 5.89. The molecule has 2 aromatic rings. The first-order valence-corrected chi connectivity index (χ1v) is 7.78. The van der Waals surface area contributed by atoms with Crippen LogP contribution in [0.25, 0.3) is 0 Å². The second kappa shape index (κ2) is 6.81. The normalized spacial score (nSPS) is 18.0. The maximum absolute atomic E-state index is 13.8. The summed E-state index contributed by atoms with van der Waals surface area (Å²) in [5, 5.41) is 6.92. The molecule has 1 fully saturated rings. The van der Waals surface area contributed by atoms with Gasteiger partial charge in [-0.15, -0.1) is 0 Å². The number of amides is 1. The molecule has 0 bridgehead atoms. The Morgan fingerprint density at radius 2 is 2.35 bits per heavy atom. The van der Waals surface area contributed by atoms with E-state index in [4.69, 9.17) is 4.74 Å². The van der Waals surface area contributed by atoms with Crippen molar-refractivity contribution in [1.29, 1.82) is 0 Å². The Morgan fingerprint density at radius 1 is 1.48 bits per heavy atom. The number of carbonyl (C=O) groups is 1. The summed E-state index contributed by atoms with van der Waals surface area (Å²) >= 11 is 0. The number of likely N-dealkylation sites (tertiary alicyclic amines) is 1. The summed E-state index contributed by atoms with van der Waals surface area (Å²) in [4.78, 5) is 14.4. The van der Waals surface area contributed by atoms with Crippen molar-refractivity contribution in [3.05, 3.63) is 47.5 Å². The Labute approximate surface area is 134 Å². The van der Waals surface area contributed by atoms with Crippen LogP contribution in [-0.2, 0) is 6.42 Å². The topological polar surface area (TPSA) is 58.2 Å². The first-order valence-electron chi connectivity index (χ1n) is 7.78. The van der Waals surface area contributed by atoms with E-state index in [1.165, 1.54) is 19.2 Å². The summed E-state index contributed by atoms with van der Waals surface area (Å²) in [6.07, 6.45) is 4.66. The third kappa shape index (κ3) is 3.52. The largest absolute Gasteiger partial charge is 0.494 e. The summed E-state index contributed by atoms with van der Waals surface area (Å²) in [6.45, 7) is 1.40. The third-order valence-electron chi connectivity index (χ3n) is 4.27. The van der Waals surface area contributed by atoms with Crippen LogP contribution >= 0.6 is 0 Å². The highest BCUT2D eigenvalue weighted by Gasteiger charge is 2.25. The molecule has 1 aromatic heterocycles. The number of halogens is 1. The number of carbonyl (C=O) groups excluding carboxylic acids is 1. The minimum atomic E-state index is -0.510. The number of piperidine rings is 1. The van der Waals surface area contributed by atoms with Crippen LogP contribution < -0.4 is 4.74 Å². The van der Waals surface area contributed by atoms with Crippen LogP contribution in [0.2, 0.25) is 0 Å². The lowest BCUT2D eigenvalue weighted by atomic mass is 9.93. The maximum Gasteiger partial charge on any atom is 0.253 e. The van der Waals surface area contributed by atoms with Gasteiger partial charge in [0.2, 0.25) is 0 Å². The van der Waals surface area contributed by atoms with Gasteiger partial charge in [-0.1, -0.05) is 0 Å². The fourth-order valence-corrected chi connectivity index (χ4v) is 3.11. The SMILES string of the molecule is COc1ccc(C(=O)N2CCCC(Cc3ccn[nH]3)C2)cc1F. The van der Waals surface area contributed by atoms with Gasteiger partial charge in [0.25, 0.3) is 5.91 Å². The smallest absolute Gasteiger partial charge is 0.253 e. The third-order valence-corrected chi connectivity index (χ3v) is 4.27. The number of hydrogen-bond donors (Lipinski definition) is 1. The zero-order chi connectivity index (χ0) is 16.2. The van der Waals surface area contributed by atoms with Crippen LogP contribution in [-0.4, -0.2) is 41.2 Å². The second-order valence-corrected chi connectivity index (χ2v) is 5.89. The highest BCUT2D eigenvalue weighted by molar-refractivity contribution is 5.94. The molecule has 1 amide bonds. The van der Waals surface area contributed by atoms with Gasteiger partial charge in [-0.25, -0.2) is 4.39 Å². The zero-order valence-corrected chi connectivity index (χ0v) is 13.1. The fraction of sp³-hybridized carbons (Fsp3) is 0.412. The van der Waals surface area contributed by atoms with E-state index in [0.29, 0.717) is 24.6 Å². The van der Waals surface area contributed by atoms with Crippen molar-refractivity contribution in [2.75, 3.05) is 20.2 Å². The van der Waals surface area contributed by atoms with Gasteiger partial charge >= 0.3 is 0 Å². The average Bonchev–Trinajstić information content (AvgIpc) is 3.07. The van der Waals surface area contributed by atoms with E-state index < -0.39 is 5.82 Å².